The van der Waals surface area contributed by atoms with Gasteiger partial charge >= 0.3 is 16.9 Å². The van der Waals surface area contributed by atoms with Crippen molar-refractivity contribution in [2.24, 2.45) is 0 Å². The van der Waals surface area contributed by atoms with Crippen LogP contribution in [0.4, 0.5) is 39.5 Å². The quantitative estimate of drug-likeness (QED) is 0.675. The summed E-state index contributed by atoms with van der Waals surface area (Å²) in [4.78, 5) is 0. The van der Waals surface area contributed by atoms with Crippen molar-refractivity contribution in [2.45, 2.75) is 23.1 Å². The van der Waals surface area contributed by atoms with E-state index in [0.29, 0.717) is 0 Å². The summed E-state index contributed by atoms with van der Waals surface area (Å²) in [6.45, 7) is 0. The maximum Gasteiger partial charge on any atom is 0.447 e. The van der Waals surface area contributed by atoms with Crippen LogP contribution < -0.4 is 0 Å². The summed E-state index contributed by atoms with van der Waals surface area (Å²) in [5.41, 5.74) is -5.64. The summed E-state index contributed by atoms with van der Waals surface area (Å²) in [6, 6.07) is 0. The molecular weight excluding hydrogens is 251 g/mol. The molecule has 0 rings (SSSR count). The SMILES string of the molecule is FC(C(F)(F)F)C(F)(F)SC(F)(F)F. The van der Waals surface area contributed by atoms with E-state index in [1.807, 2.05) is 0 Å². The number of hydrogen-bond acceptors (Lipinski definition) is 1. The summed E-state index contributed by atoms with van der Waals surface area (Å²) in [5.74, 6) is 0. The van der Waals surface area contributed by atoms with Gasteiger partial charge in [0.1, 0.15) is 0 Å². The van der Waals surface area contributed by atoms with E-state index in [0.717, 1.165) is 0 Å². The van der Waals surface area contributed by atoms with Gasteiger partial charge in [-0.2, -0.15) is 35.1 Å². The van der Waals surface area contributed by atoms with Crippen LogP contribution in [0.25, 0.3) is 0 Å². The first-order valence-electron chi connectivity index (χ1n) is 2.72. The third-order valence-corrected chi connectivity index (χ3v) is 1.54. The fraction of sp³-hybridized carbons (Fsp3) is 1.00. The van der Waals surface area contributed by atoms with Crippen molar-refractivity contribution in [1.29, 1.82) is 0 Å². The molecule has 0 heterocycles. The lowest BCUT2D eigenvalue weighted by Gasteiger charge is -2.22. The molecule has 10 heteroatoms. The van der Waals surface area contributed by atoms with Gasteiger partial charge in [0.25, 0.3) is 6.17 Å². The Balaban J connectivity index is 4.63. The smallest absolute Gasteiger partial charge is 0.230 e. The maximum absolute atomic E-state index is 12.0. The molecule has 0 aliphatic rings. The highest BCUT2D eigenvalue weighted by molar-refractivity contribution is 8.01. The molecule has 0 fully saturated rings. The van der Waals surface area contributed by atoms with Crippen molar-refractivity contribution >= 4 is 11.8 Å². The van der Waals surface area contributed by atoms with E-state index in [2.05, 4.69) is 0 Å². The van der Waals surface area contributed by atoms with E-state index in [-0.39, 0.29) is 0 Å². The zero-order chi connectivity index (χ0) is 11.8. The van der Waals surface area contributed by atoms with E-state index in [1.165, 1.54) is 0 Å². The topological polar surface area (TPSA) is 0 Å². The standard InChI is InChI=1S/C4HF9S/c5-1(2(6,7)8)3(9,10)14-4(11,12)13/h1H. The van der Waals surface area contributed by atoms with Gasteiger partial charge in [0, 0.05) is 11.8 Å². The van der Waals surface area contributed by atoms with Gasteiger partial charge < -0.3 is 0 Å². The van der Waals surface area contributed by atoms with Crippen LogP contribution in [0.1, 0.15) is 0 Å². The summed E-state index contributed by atoms with van der Waals surface area (Å²) in [7, 11) is 0. The zero-order valence-electron chi connectivity index (χ0n) is 5.89. The summed E-state index contributed by atoms with van der Waals surface area (Å²) < 4.78 is 103. The zero-order valence-corrected chi connectivity index (χ0v) is 6.70. The molecule has 0 radical (unpaired) electrons. The normalized spacial score (nSPS) is 16.9. The third-order valence-electron chi connectivity index (χ3n) is 0.834. The van der Waals surface area contributed by atoms with Crippen molar-refractivity contribution in [1.82, 2.24) is 0 Å². The number of thioether (sulfide) groups is 1. The Morgan fingerprint density at radius 2 is 1.14 bits per heavy atom. The van der Waals surface area contributed by atoms with Gasteiger partial charge in [-0.25, -0.2) is 4.39 Å². The first-order valence-corrected chi connectivity index (χ1v) is 3.53. The highest BCUT2D eigenvalue weighted by atomic mass is 32.2. The minimum absolute atomic E-state index is 2.33. The van der Waals surface area contributed by atoms with Crippen molar-refractivity contribution in [3.8, 4) is 0 Å². The van der Waals surface area contributed by atoms with Gasteiger partial charge in [-0.3, -0.25) is 0 Å². The predicted molar refractivity (Wildman–Crippen MR) is 29.5 cm³/mol. The first kappa shape index (κ1) is 13.7. The van der Waals surface area contributed by atoms with Crippen LogP contribution in [0.3, 0.4) is 0 Å². The molecule has 0 aromatic heterocycles. The van der Waals surface area contributed by atoms with Crippen LogP contribution in [0.5, 0.6) is 0 Å². The van der Waals surface area contributed by atoms with E-state index in [1.54, 1.807) is 0 Å². The molecule has 0 spiro atoms. The molecule has 0 nitrogen and oxygen atoms in total. The average molecular weight is 252 g/mol. The van der Waals surface area contributed by atoms with Crippen LogP contribution in [0.15, 0.2) is 0 Å². The van der Waals surface area contributed by atoms with Crippen LogP contribution >= 0.6 is 11.8 Å². The second kappa shape index (κ2) is 3.70. The average Bonchev–Trinajstić information content (AvgIpc) is 1.78. The van der Waals surface area contributed by atoms with Gasteiger partial charge in [-0.15, -0.1) is 0 Å². The molecule has 0 bridgehead atoms. The highest BCUT2D eigenvalue weighted by Gasteiger charge is 2.61. The Labute approximate surface area is 75.4 Å². The lowest BCUT2D eigenvalue weighted by atomic mass is 10.4. The second-order valence-electron chi connectivity index (χ2n) is 2.01. The Hall–Kier alpha value is -0.280. The number of halogens is 9. The number of rotatable bonds is 2. The van der Waals surface area contributed by atoms with E-state index < -0.39 is 34.9 Å². The first-order chi connectivity index (χ1) is 5.86. The van der Waals surface area contributed by atoms with Crippen LogP contribution in [-0.2, 0) is 0 Å². The second-order valence-corrected chi connectivity index (χ2v) is 3.23. The van der Waals surface area contributed by atoms with Gasteiger partial charge in [-0.05, 0) is 0 Å². The van der Waals surface area contributed by atoms with E-state index in [9.17, 15) is 39.5 Å². The van der Waals surface area contributed by atoms with Crippen molar-refractivity contribution in [3.05, 3.63) is 0 Å². The molecule has 1 atom stereocenters. The Kier molecular flexibility index (Phi) is 3.63. The monoisotopic (exact) mass is 252 g/mol. The minimum Gasteiger partial charge on any atom is -0.230 e. The van der Waals surface area contributed by atoms with Crippen molar-refractivity contribution < 1.29 is 39.5 Å². The summed E-state index contributed by atoms with van der Waals surface area (Å²) in [6.07, 6.45) is -10.9. The molecule has 0 aliphatic heterocycles. The van der Waals surface area contributed by atoms with Crippen LogP contribution in [0.2, 0.25) is 0 Å². The molecule has 86 valence electrons. The molecule has 0 aliphatic carbocycles. The molecule has 0 saturated carbocycles. The Morgan fingerprint density at radius 1 is 0.786 bits per heavy atom. The van der Waals surface area contributed by atoms with E-state index >= 15 is 0 Å². The summed E-state index contributed by atoms with van der Waals surface area (Å²) in [5, 5.41) is -5.57. The number of alkyl halides is 9. The molecule has 14 heavy (non-hydrogen) atoms. The highest BCUT2D eigenvalue weighted by Crippen LogP contribution is 2.49. The largest absolute Gasteiger partial charge is 0.447 e. The van der Waals surface area contributed by atoms with Gasteiger partial charge in [0.05, 0.1) is 0 Å². The number of hydrogen-bond donors (Lipinski definition) is 0. The lowest BCUT2D eigenvalue weighted by molar-refractivity contribution is -0.221. The van der Waals surface area contributed by atoms with Gasteiger partial charge in [0.2, 0.25) is 0 Å². The van der Waals surface area contributed by atoms with E-state index in [4.69, 9.17) is 0 Å². The third kappa shape index (κ3) is 4.29. The molecule has 0 saturated heterocycles. The van der Waals surface area contributed by atoms with Gasteiger partial charge in [0.15, 0.2) is 0 Å². The fourth-order valence-electron chi connectivity index (χ4n) is 0.397. The predicted octanol–water partition coefficient (Wildman–Crippen LogP) is 3.73. The molecular formula is C4HF9S. The van der Waals surface area contributed by atoms with Gasteiger partial charge in [-0.1, -0.05) is 0 Å². The Morgan fingerprint density at radius 3 is 1.36 bits per heavy atom. The molecule has 0 aromatic rings. The van der Waals surface area contributed by atoms with Crippen LogP contribution in [-0.4, -0.2) is 23.1 Å². The molecule has 0 amide bonds. The maximum atomic E-state index is 12.0. The fourth-order valence-corrected chi connectivity index (χ4v) is 0.942. The molecule has 0 aromatic carbocycles. The Bertz CT molecular complexity index is 190. The van der Waals surface area contributed by atoms with Crippen molar-refractivity contribution in [2.75, 3.05) is 0 Å². The lowest BCUT2D eigenvalue weighted by Crippen LogP contribution is -2.40. The molecule has 1 unspecified atom stereocenters. The minimum atomic E-state index is -6.03. The van der Waals surface area contributed by atoms with Crippen LogP contribution in [0, 0.1) is 0 Å². The summed E-state index contributed by atoms with van der Waals surface area (Å²) >= 11 is -2.33. The van der Waals surface area contributed by atoms with Crippen molar-refractivity contribution in [3.63, 3.8) is 0 Å². The molecule has 0 N–H and O–H groups in total.